The zero-order valence-corrected chi connectivity index (χ0v) is 16.0. The number of ether oxygens (including phenoxy) is 1. The number of hydrogen-bond donors (Lipinski definition) is 1. The molecule has 1 aromatic carbocycles. The second-order valence-electron chi connectivity index (χ2n) is 7.85. The van der Waals surface area contributed by atoms with Gasteiger partial charge in [0, 0.05) is 24.6 Å². The van der Waals surface area contributed by atoms with E-state index in [0.717, 1.165) is 12.1 Å². The molecular weight excluding hydrogens is 384 g/mol. The quantitative estimate of drug-likeness (QED) is 0.562. The van der Waals surface area contributed by atoms with Gasteiger partial charge in [-0.1, -0.05) is 26.0 Å². The normalized spacial score (nSPS) is 22.5. The maximum Gasteiger partial charge on any atom is 0.416 e. The molecule has 0 radical (unpaired) electrons. The fourth-order valence-corrected chi connectivity index (χ4v) is 3.58. The lowest BCUT2D eigenvalue weighted by molar-refractivity contribution is -0.141. The van der Waals surface area contributed by atoms with E-state index >= 15 is 0 Å². The van der Waals surface area contributed by atoms with Crippen molar-refractivity contribution in [3.8, 4) is 0 Å². The molecule has 160 valence electrons. The third kappa shape index (κ3) is 7.28. The molecule has 1 N–H and O–H groups in total. The van der Waals surface area contributed by atoms with Gasteiger partial charge < -0.3 is 10.1 Å². The van der Waals surface area contributed by atoms with Gasteiger partial charge in [-0.25, -0.2) is 0 Å². The first-order valence-corrected chi connectivity index (χ1v) is 9.53. The molecule has 0 bridgehead atoms. The van der Waals surface area contributed by atoms with Crippen molar-refractivity contribution >= 4 is 0 Å². The van der Waals surface area contributed by atoms with Gasteiger partial charge >= 0.3 is 12.4 Å². The summed E-state index contributed by atoms with van der Waals surface area (Å²) in [5.41, 5.74) is -0.0527. The van der Waals surface area contributed by atoms with Crippen molar-refractivity contribution in [2.45, 2.75) is 69.9 Å². The van der Waals surface area contributed by atoms with Crippen LogP contribution in [0.3, 0.4) is 0 Å². The summed E-state index contributed by atoms with van der Waals surface area (Å²) in [4.78, 5) is 0. The Kier molecular flexibility index (Phi) is 7.79. The number of hydrogen-bond acceptors (Lipinski definition) is 2. The summed E-state index contributed by atoms with van der Waals surface area (Å²) >= 11 is 0. The van der Waals surface area contributed by atoms with Crippen molar-refractivity contribution in [1.29, 1.82) is 0 Å². The van der Waals surface area contributed by atoms with Gasteiger partial charge in [-0.2, -0.15) is 26.3 Å². The van der Waals surface area contributed by atoms with Crippen molar-refractivity contribution in [2.75, 3.05) is 13.2 Å². The molecule has 0 amide bonds. The standard InChI is InChI=1S/C20H27F6NO/c1-13(2)3-8-16(11-19(21,22)23)27-18-12-28-10-9-17(18)14-4-6-15(7-5-14)20(24,25)26/h4-7,13,16-18,27H,3,8-12H2,1-2H3. The van der Waals surface area contributed by atoms with Gasteiger partial charge in [0.15, 0.2) is 0 Å². The summed E-state index contributed by atoms with van der Waals surface area (Å²) in [6.07, 6.45) is -8.05. The van der Waals surface area contributed by atoms with Crippen LogP contribution in [0.15, 0.2) is 24.3 Å². The van der Waals surface area contributed by atoms with E-state index in [1.54, 1.807) is 0 Å². The molecule has 0 spiro atoms. The van der Waals surface area contributed by atoms with Crippen molar-refractivity contribution in [3.63, 3.8) is 0 Å². The van der Waals surface area contributed by atoms with E-state index in [1.165, 1.54) is 12.1 Å². The van der Waals surface area contributed by atoms with Gasteiger partial charge in [-0.15, -0.1) is 0 Å². The zero-order chi connectivity index (χ0) is 20.9. The van der Waals surface area contributed by atoms with E-state index in [2.05, 4.69) is 5.32 Å². The highest BCUT2D eigenvalue weighted by Gasteiger charge is 2.36. The summed E-state index contributed by atoms with van der Waals surface area (Å²) < 4.78 is 82.7. The largest absolute Gasteiger partial charge is 0.416 e. The third-order valence-electron chi connectivity index (χ3n) is 5.04. The van der Waals surface area contributed by atoms with Crippen LogP contribution < -0.4 is 5.32 Å². The average Bonchev–Trinajstić information content (AvgIpc) is 2.58. The van der Waals surface area contributed by atoms with Crippen LogP contribution in [0.25, 0.3) is 0 Å². The fourth-order valence-electron chi connectivity index (χ4n) is 3.58. The minimum atomic E-state index is -4.42. The molecule has 1 fully saturated rings. The van der Waals surface area contributed by atoms with Crippen LogP contribution in [0.5, 0.6) is 0 Å². The van der Waals surface area contributed by atoms with Crippen molar-refractivity contribution in [1.82, 2.24) is 5.32 Å². The highest BCUT2D eigenvalue weighted by atomic mass is 19.4. The molecule has 0 aliphatic carbocycles. The van der Waals surface area contributed by atoms with Gasteiger partial charge in [-0.05, 0) is 42.9 Å². The molecule has 1 aliphatic heterocycles. The molecule has 1 aromatic rings. The molecule has 2 nitrogen and oxygen atoms in total. The molecule has 3 unspecified atom stereocenters. The van der Waals surface area contributed by atoms with Crippen LogP contribution in [0, 0.1) is 5.92 Å². The van der Waals surface area contributed by atoms with Crippen molar-refractivity contribution in [3.05, 3.63) is 35.4 Å². The number of alkyl halides is 6. The summed E-state index contributed by atoms with van der Waals surface area (Å²) in [7, 11) is 0. The first kappa shape index (κ1) is 23.0. The Balaban J connectivity index is 2.13. The maximum atomic E-state index is 13.0. The summed E-state index contributed by atoms with van der Waals surface area (Å²) in [5, 5.41) is 3.09. The predicted octanol–water partition coefficient (Wildman–Crippen LogP) is 5.92. The fraction of sp³-hybridized carbons (Fsp3) is 0.700. The second kappa shape index (κ2) is 9.48. The summed E-state index contributed by atoms with van der Waals surface area (Å²) in [5.74, 6) is 0.0941. The van der Waals surface area contributed by atoms with E-state index in [9.17, 15) is 26.3 Å². The molecule has 1 heterocycles. The lowest BCUT2D eigenvalue weighted by Gasteiger charge is -2.36. The SMILES string of the molecule is CC(C)CCC(CC(F)(F)F)NC1COCCC1c1ccc(C(F)(F)F)cc1. The van der Waals surface area contributed by atoms with Gasteiger partial charge in [0.05, 0.1) is 18.6 Å². The van der Waals surface area contributed by atoms with E-state index in [4.69, 9.17) is 4.74 Å². The first-order valence-electron chi connectivity index (χ1n) is 9.53. The Morgan fingerprint density at radius 3 is 2.21 bits per heavy atom. The average molecular weight is 411 g/mol. The number of benzene rings is 1. The zero-order valence-electron chi connectivity index (χ0n) is 16.0. The number of nitrogens with one attached hydrogen (secondary N) is 1. The Labute approximate surface area is 161 Å². The summed E-state index contributed by atoms with van der Waals surface area (Å²) in [6, 6.07) is 3.76. The molecule has 1 aliphatic rings. The molecule has 2 rings (SSSR count). The Hall–Kier alpha value is -1.28. The molecule has 3 atom stereocenters. The molecular formula is C20H27F6NO. The Morgan fingerprint density at radius 2 is 1.68 bits per heavy atom. The molecule has 0 aromatic heterocycles. The topological polar surface area (TPSA) is 21.3 Å². The highest BCUT2D eigenvalue weighted by molar-refractivity contribution is 5.28. The first-order chi connectivity index (χ1) is 13.0. The van der Waals surface area contributed by atoms with Crippen molar-refractivity contribution < 1.29 is 31.1 Å². The van der Waals surface area contributed by atoms with Gasteiger partial charge in [0.2, 0.25) is 0 Å². The van der Waals surface area contributed by atoms with E-state index < -0.39 is 30.4 Å². The lowest BCUT2D eigenvalue weighted by atomic mass is 9.86. The van der Waals surface area contributed by atoms with Crippen LogP contribution in [-0.2, 0) is 10.9 Å². The maximum absolute atomic E-state index is 13.0. The minimum Gasteiger partial charge on any atom is -0.380 e. The number of rotatable bonds is 7. The van der Waals surface area contributed by atoms with Gasteiger partial charge in [0.25, 0.3) is 0 Å². The predicted molar refractivity (Wildman–Crippen MR) is 95.1 cm³/mol. The Morgan fingerprint density at radius 1 is 1.04 bits per heavy atom. The summed E-state index contributed by atoms with van der Waals surface area (Å²) in [6.45, 7) is 4.58. The highest BCUT2D eigenvalue weighted by Crippen LogP contribution is 2.33. The second-order valence-corrected chi connectivity index (χ2v) is 7.85. The van der Waals surface area contributed by atoms with E-state index in [-0.39, 0.29) is 24.5 Å². The van der Waals surface area contributed by atoms with E-state index in [0.29, 0.717) is 31.4 Å². The molecule has 8 heteroatoms. The van der Waals surface area contributed by atoms with Crippen LogP contribution >= 0.6 is 0 Å². The van der Waals surface area contributed by atoms with Crippen LogP contribution in [0.4, 0.5) is 26.3 Å². The van der Waals surface area contributed by atoms with Gasteiger partial charge in [0.1, 0.15) is 0 Å². The minimum absolute atomic E-state index is 0.189. The van der Waals surface area contributed by atoms with Gasteiger partial charge in [-0.3, -0.25) is 0 Å². The molecule has 0 saturated carbocycles. The smallest absolute Gasteiger partial charge is 0.380 e. The third-order valence-corrected chi connectivity index (χ3v) is 5.04. The molecule has 1 saturated heterocycles. The van der Waals surface area contributed by atoms with E-state index in [1.807, 2.05) is 13.8 Å². The van der Waals surface area contributed by atoms with Crippen LogP contribution in [0.2, 0.25) is 0 Å². The molecule has 28 heavy (non-hydrogen) atoms. The van der Waals surface area contributed by atoms with Crippen LogP contribution in [-0.4, -0.2) is 31.5 Å². The van der Waals surface area contributed by atoms with Crippen molar-refractivity contribution in [2.24, 2.45) is 5.92 Å². The number of halogens is 6. The van der Waals surface area contributed by atoms with Crippen LogP contribution in [0.1, 0.15) is 56.6 Å². The Bertz CT molecular complexity index is 596. The lowest BCUT2D eigenvalue weighted by Crippen LogP contribution is -2.48. The monoisotopic (exact) mass is 411 g/mol.